The number of carbonyl (C=O) groups excluding carboxylic acids is 2. The number of fused-ring (bicyclic) bond motifs is 1. The topological polar surface area (TPSA) is 80.1 Å². The molecule has 1 N–H and O–H groups in total. The van der Waals surface area contributed by atoms with Crippen LogP contribution in [-0.4, -0.2) is 38.3 Å². The van der Waals surface area contributed by atoms with Crippen molar-refractivity contribution in [2.45, 2.75) is 53.2 Å². The van der Waals surface area contributed by atoms with E-state index in [1.165, 1.54) is 0 Å². The Bertz CT molecular complexity index is 843. The smallest absolute Gasteiger partial charge is 0.248 e. The van der Waals surface area contributed by atoms with Crippen LogP contribution < -0.4 is 5.32 Å². The summed E-state index contributed by atoms with van der Waals surface area (Å²) in [6.07, 6.45) is 2.34. The molecule has 1 aliphatic heterocycles. The van der Waals surface area contributed by atoms with Crippen molar-refractivity contribution in [2.75, 3.05) is 6.54 Å². The molecule has 2 aromatic rings. The molecule has 0 fully saturated rings. The number of amides is 2. The predicted molar refractivity (Wildman–Crippen MR) is 102 cm³/mol. The van der Waals surface area contributed by atoms with Gasteiger partial charge < -0.3 is 10.2 Å². The Hall–Kier alpha value is -2.70. The van der Waals surface area contributed by atoms with E-state index < -0.39 is 0 Å². The Morgan fingerprint density at radius 3 is 2.85 bits per heavy atom. The Balaban J connectivity index is 1.65. The number of carbonyl (C=O) groups is 2. The van der Waals surface area contributed by atoms with Crippen LogP contribution in [0.4, 0.5) is 0 Å². The van der Waals surface area contributed by atoms with Crippen LogP contribution in [0.5, 0.6) is 0 Å². The van der Waals surface area contributed by atoms with Crippen molar-refractivity contribution in [3.63, 3.8) is 0 Å². The summed E-state index contributed by atoms with van der Waals surface area (Å²) in [7, 11) is 0. The summed E-state index contributed by atoms with van der Waals surface area (Å²) in [5.74, 6) is 0.117. The van der Waals surface area contributed by atoms with E-state index in [1.54, 1.807) is 15.8 Å². The molecule has 0 bridgehead atoms. The van der Waals surface area contributed by atoms with Crippen LogP contribution in [0, 0.1) is 19.8 Å². The number of benzene rings is 1. The number of aromatic nitrogens is 3. The Labute approximate surface area is 159 Å². The molecule has 1 aromatic carbocycles. The van der Waals surface area contributed by atoms with Gasteiger partial charge in [-0.25, -0.2) is 4.68 Å². The van der Waals surface area contributed by atoms with Gasteiger partial charge in [-0.05, 0) is 37.3 Å². The number of nitrogens with zero attached hydrogens (tertiary/aromatic N) is 4. The van der Waals surface area contributed by atoms with Crippen LogP contribution in [0.1, 0.15) is 48.7 Å². The van der Waals surface area contributed by atoms with E-state index in [0.717, 1.165) is 22.4 Å². The third kappa shape index (κ3) is 4.35. The van der Waals surface area contributed by atoms with Gasteiger partial charge in [0.2, 0.25) is 11.8 Å². The van der Waals surface area contributed by atoms with E-state index in [4.69, 9.17) is 0 Å². The monoisotopic (exact) mass is 369 g/mol. The molecule has 1 aliphatic rings. The van der Waals surface area contributed by atoms with Crippen LogP contribution in [0.25, 0.3) is 0 Å². The minimum absolute atomic E-state index is 0.0451. The van der Waals surface area contributed by atoms with E-state index >= 15 is 0 Å². The maximum absolute atomic E-state index is 12.9. The van der Waals surface area contributed by atoms with Crippen molar-refractivity contribution in [3.05, 3.63) is 46.8 Å². The molecule has 2 heterocycles. The molecule has 1 aromatic heterocycles. The van der Waals surface area contributed by atoms with Crippen molar-refractivity contribution in [1.29, 1.82) is 0 Å². The first kappa shape index (κ1) is 19.1. The van der Waals surface area contributed by atoms with Crippen molar-refractivity contribution in [1.82, 2.24) is 25.2 Å². The van der Waals surface area contributed by atoms with E-state index in [1.807, 2.05) is 13.8 Å². The van der Waals surface area contributed by atoms with E-state index in [-0.39, 0.29) is 24.4 Å². The first-order valence-corrected chi connectivity index (χ1v) is 9.36. The number of hydrogen-bond donors (Lipinski definition) is 1. The molecule has 0 saturated carbocycles. The highest BCUT2D eigenvalue weighted by molar-refractivity contribution is 5.87. The van der Waals surface area contributed by atoms with Crippen molar-refractivity contribution in [2.24, 2.45) is 5.92 Å². The third-order valence-corrected chi connectivity index (χ3v) is 4.90. The van der Waals surface area contributed by atoms with Gasteiger partial charge in [-0.15, -0.1) is 5.10 Å². The average Bonchev–Trinajstić information content (AvgIpc) is 3.07. The molecule has 27 heavy (non-hydrogen) atoms. The summed E-state index contributed by atoms with van der Waals surface area (Å²) in [5.41, 5.74) is 4.26. The minimum Gasteiger partial charge on any atom is -0.350 e. The Morgan fingerprint density at radius 1 is 1.33 bits per heavy atom. The Kier molecular flexibility index (Phi) is 5.58. The van der Waals surface area contributed by atoms with Crippen LogP contribution in [0.15, 0.2) is 24.4 Å². The minimum atomic E-state index is -0.386. The molecular formula is C20H27N5O2. The number of hydrogen-bond acceptors (Lipinski definition) is 4. The highest BCUT2D eigenvalue weighted by Gasteiger charge is 2.35. The lowest BCUT2D eigenvalue weighted by atomic mass is 10.0. The van der Waals surface area contributed by atoms with Crippen molar-refractivity contribution in [3.8, 4) is 0 Å². The normalized spacial score (nSPS) is 16.6. The lowest BCUT2D eigenvalue weighted by Crippen LogP contribution is -2.47. The fraction of sp³-hybridized carbons (Fsp3) is 0.500. The Morgan fingerprint density at radius 2 is 2.11 bits per heavy atom. The quantitative estimate of drug-likeness (QED) is 0.846. The van der Waals surface area contributed by atoms with Crippen LogP contribution in [0.2, 0.25) is 0 Å². The molecule has 2 amide bonds. The fourth-order valence-corrected chi connectivity index (χ4v) is 3.42. The van der Waals surface area contributed by atoms with Gasteiger partial charge in [-0.3, -0.25) is 9.59 Å². The second-order valence-corrected chi connectivity index (χ2v) is 7.72. The molecule has 1 atom stereocenters. The zero-order valence-electron chi connectivity index (χ0n) is 16.4. The lowest BCUT2D eigenvalue weighted by molar-refractivity contribution is -0.142. The molecule has 144 valence electrons. The summed E-state index contributed by atoms with van der Waals surface area (Å²) in [5, 5.41) is 10.9. The second-order valence-electron chi connectivity index (χ2n) is 7.72. The van der Waals surface area contributed by atoms with Crippen LogP contribution in [0.3, 0.4) is 0 Å². The SMILES string of the molecule is Cc1ccc(C)c(CNC(=O)CN2Cc3cnnn3[C@@H](CC(C)C)C2=O)c1. The van der Waals surface area contributed by atoms with Gasteiger partial charge in [0.1, 0.15) is 12.6 Å². The third-order valence-electron chi connectivity index (χ3n) is 4.90. The summed E-state index contributed by atoms with van der Waals surface area (Å²) < 4.78 is 1.70. The highest BCUT2D eigenvalue weighted by atomic mass is 16.2. The standard InChI is InChI=1S/C20H27N5O2/c1-13(2)7-18-20(27)24(11-17-10-22-23-25(17)18)12-19(26)21-9-16-8-14(3)5-6-15(16)4/h5-6,8,10,13,18H,7,9,11-12H2,1-4H3,(H,21,26)/t18-/m0/s1. The summed E-state index contributed by atoms with van der Waals surface area (Å²) in [6, 6.07) is 5.79. The second kappa shape index (κ2) is 7.90. The molecule has 0 radical (unpaired) electrons. The maximum atomic E-state index is 12.9. The summed E-state index contributed by atoms with van der Waals surface area (Å²) >= 11 is 0. The molecular weight excluding hydrogens is 342 g/mol. The first-order valence-electron chi connectivity index (χ1n) is 9.36. The molecule has 3 rings (SSSR count). The average molecular weight is 369 g/mol. The largest absolute Gasteiger partial charge is 0.350 e. The van der Waals surface area contributed by atoms with Gasteiger partial charge in [0.15, 0.2) is 0 Å². The molecule has 0 unspecified atom stereocenters. The molecule has 0 aliphatic carbocycles. The van der Waals surface area contributed by atoms with Crippen LogP contribution in [-0.2, 0) is 22.7 Å². The van der Waals surface area contributed by atoms with E-state index in [9.17, 15) is 9.59 Å². The van der Waals surface area contributed by atoms with E-state index in [2.05, 4.69) is 47.7 Å². The zero-order valence-corrected chi connectivity index (χ0v) is 16.4. The van der Waals surface area contributed by atoms with E-state index in [0.29, 0.717) is 25.4 Å². The van der Waals surface area contributed by atoms with Gasteiger partial charge in [-0.1, -0.05) is 42.8 Å². The molecule has 7 nitrogen and oxygen atoms in total. The molecule has 0 saturated heterocycles. The first-order chi connectivity index (χ1) is 12.8. The van der Waals surface area contributed by atoms with Crippen molar-refractivity contribution >= 4 is 11.8 Å². The number of rotatable bonds is 6. The van der Waals surface area contributed by atoms with Gasteiger partial charge in [0, 0.05) is 6.54 Å². The number of nitrogens with one attached hydrogen (secondary N) is 1. The predicted octanol–water partition coefficient (Wildman–Crippen LogP) is 2.14. The maximum Gasteiger partial charge on any atom is 0.248 e. The molecule has 7 heteroatoms. The zero-order chi connectivity index (χ0) is 19.6. The van der Waals surface area contributed by atoms with Gasteiger partial charge >= 0.3 is 0 Å². The summed E-state index contributed by atoms with van der Waals surface area (Å²) in [4.78, 5) is 27.0. The van der Waals surface area contributed by atoms with Gasteiger partial charge in [0.05, 0.1) is 18.4 Å². The lowest BCUT2D eigenvalue weighted by Gasteiger charge is -2.33. The van der Waals surface area contributed by atoms with Gasteiger partial charge in [-0.2, -0.15) is 0 Å². The highest BCUT2D eigenvalue weighted by Crippen LogP contribution is 2.26. The molecule has 0 spiro atoms. The van der Waals surface area contributed by atoms with Crippen molar-refractivity contribution < 1.29 is 9.59 Å². The van der Waals surface area contributed by atoms with Gasteiger partial charge in [0.25, 0.3) is 0 Å². The number of aryl methyl sites for hydroxylation is 2. The summed E-state index contributed by atoms with van der Waals surface area (Å²) in [6.45, 7) is 9.06. The van der Waals surface area contributed by atoms with Crippen LogP contribution >= 0.6 is 0 Å². The fourth-order valence-electron chi connectivity index (χ4n) is 3.42.